The number of Topliss-reactive ketones (excluding diaryl/α,β-unsaturated/α-hetero) is 1. The quantitative estimate of drug-likeness (QED) is 0.441. The predicted octanol–water partition coefficient (Wildman–Crippen LogP) is 2.95. The van der Waals surface area contributed by atoms with E-state index in [4.69, 9.17) is 4.74 Å². The lowest BCUT2D eigenvalue weighted by molar-refractivity contribution is -0.141. The summed E-state index contributed by atoms with van der Waals surface area (Å²) < 4.78 is 4.79. The Hall–Kier alpha value is -1.64. The van der Waals surface area contributed by atoms with Gasteiger partial charge in [0.05, 0.1) is 6.61 Å². The van der Waals surface area contributed by atoms with Crippen LogP contribution in [0.3, 0.4) is 0 Å². The normalized spacial score (nSPS) is 10.2. The van der Waals surface area contributed by atoms with Crippen LogP contribution in [-0.2, 0) is 22.4 Å². The van der Waals surface area contributed by atoms with Crippen molar-refractivity contribution in [2.45, 2.75) is 40.0 Å². The highest BCUT2D eigenvalue weighted by molar-refractivity contribution is 6.06. The van der Waals surface area contributed by atoms with Crippen molar-refractivity contribution in [3.63, 3.8) is 0 Å². The fraction of sp³-hybridized carbons (Fsp3) is 0.467. The van der Waals surface area contributed by atoms with E-state index >= 15 is 0 Å². The fourth-order valence-electron chi connectivity index (χ4n) is 1.78. The number of esters is 1. The van der Waals surface area contributed by atoms with Gasteiger partial charge in [-0.3, -0.25) is 9.59 Å². The van der Waals surface area contributed by atoms with Gasteiger partial charge in [-0.05, 0) is 43.0 Å². The van der Waals surface area contributed by atoms with Crippen molar-refractivity contribution in [3.8, 4) is 0 Å². The molecule has 0 aliphatic rings. The van der Waals surface area contributed by atoms with E-state index in [0.717, 1.165) is 24.0 Å². The molecule has 0 fully saturated rings. The van der Waals surface area contributed by atoms with Crippen LogP contribution in [0.4, 0.5) is 0 Å². The van der Waals surface area contributed by atoms with Crippen LogP contribution in [-0.4, -0.2) is 18.4 Å². The molecule has 0 saturated carbocycles. The molecule has 0 heterocycles. The van der Waals surface area contributed by atoms with Crippen LogP contribution in [0.1, 0.15) is 48.7 Å². The van der Waals surface area contributed by atoms with Gasteiger partial charge < -0.3 is 4.74 Å². The second kappa shape index (κ2) is 6.94. The molecule has 0 radical (unpaired) electrons. The molecular weight excluding hydrogens is 228 g/mol. The van der Waals surface area contributed by atoms with E-state index < -0.39 is 5.97 Å². The summed E-state index contributed by atoms with van der Waals surface area (Å²) in [5.74, 6) is -0.624. The van der Waals surface area contributed by atoms with E-state index in [9.17, 15) is 9.59 Å². The van der Waals surface area contributed by atoms with Crippen LogP contribution in [0.15, 0.2) is 18.2 Å². The van der Waals surface area contributed by atoms with Crippen LogP contribution in [0, 0.1) is 0 Å². The van der Waals surface area contributed by atoms with Crippen molar-refractivity contribution < 1.29 is 14.3 Å². The number of ketones is 1. The Morgan fingerprint density at radius 2 is 1.56 bits per heavy atom. The zero-order valence-corrected chi connectivity index (χ0v) is 11.3. The third-order valence-corrected chi connectivity index (χ3v) is 2.80. The molecule has 0 spiro atoms. The minimum absolute atomic E-state index is 0.168. The molecule has 0 amide bonds. The number of aryl methyl sites for hydroxylation is 2. The second-order valence-corrected chi connectivity index (χ2v) is 4.15. The highest BCUT2D eigenvalue weighted by Crippen LogP contribution is 2.14. The topological polar surface area (TPSA) is 43.4 Å². The molecule has 0 N–H and O–H groups in total. The molecule has 0 saturated heterocycles. The van der Waals surface area contributed by atoms with Crippen LogP contribution in [0.25, 0.3) is 0 Å². The third-order valence-electron chi connectivity index (χ3n) is 2.80. The predicted molar refractivity (Wildman–Crippen MR) is 70.8 cm³/mol. The molecule has 18 heavy (non-hydrogen) atoms. The summed E-state index contributed by atoms with van der Waals surface area (Å²) in [6.45, 7) is 6.14. The molecule has 0 aliphatic carbocycles. The maximum Gasteiger partial charge on any atom is 0.313 e. The van der Waals surface area contributed by atoms with Crippen molar-refractivity contribution >= 4 is 11.8 Å². The van der Waals surface area contributed by atoms with Gasteiger partial charge in [0.25, 0.3) is 0 Å². The first-order valence-electron chi connectivity index (χ1n) is 6.42. The van der Waals surface area contributed by atoms with Crippen molar-refractivity contribution in [1.82, 2.24) is 0 Å². The molecule has 3 heteroatoms. The average Bonchev–Trinajstić information content (AvgIpc) is 2.38. The highest BCUT2D eigenvalue weighted by atomic mass is 16.5. The number of hydrogen-bond donors (Lipinski definition) is 0. The maximum absolute atomic E-state index is 12.0. The highest BCUT2D eigenvalue weighted by Gasteiger charge is 2.13. The summed E-state index contributed by atoms with van der Waals surface area (Å²) in [5.41, 5.74) is 2.86. The lowest BCUT2D eigenvalue weighted by Crippen LogP contribution is -2.12. The molecule has 3 nitrogen and oxygen atoms in total. The van der Waals surface area contributed by atoms with Gasteiger partial charge in [0.2, 0.25) is 0 Å². The number of benzene rings is 1. The van der Waals surface area contributed by atoms with Gasteiger partial charge in [-0.25, -0.2) is 0 Å². The summed E-state index contributed by atoms with van der Waals surface area (Å²) in [5, 5.41) is 0. The minimum atomic E-state index is -0.456. The zero-order valence-electron chi connectivity index (χ0n) is 11.3. The van der Waals surface area contributed by atoms with Gasteiger partial charge >= 0.3 is 5.97 Å². The van der Waals surface area contributed by atoms with Crippen molar-refractivity contribution in [2.75, 3.05) is 6.61 Å². The van der Waals surface area contributed by atoms with E-state index in [0.29, 0.717) is 12.2 Å². The maximum atomic E-state index is 12.0. The molecule has 0 atom stereocenters. The Balaban J connectivity index is 2.87. The van der Waals surface area contributed by atoms with E-state index in [-0.39, 0.29) is 12.2 Å². The SMILES string of the molecule is CCOC(=O)CC(=O)c1cc(CC)cc(CC)c1. The molecule has 0 bridgehead atoms. The second-order valence-electron chi connectivity index (χ2n) is 4.15. The molecule has 0 aliphatic heterocycles. The fourth-order valence-corrected chi connectivity index (χ4v) is 1.78. The summed E-state index contributed by atoms with van der Waals surface area (Å²) in [6, 6.07) is 5.82. The summed E-state index contributed by atoms with van der Waals surface area (Å²) in [4.78, 5) is 23.3. The molecular formula is C15H20O3. The molecule has 0 unspecified atom stereocenters. The third kappa shape index (κ3) is 3.99. The van der Waals surface area contributed by atoms with Gasteiger partial charge in [0, 0.05) is 5.56 Å². The Labute approximate surface area is 108 Å². The number of hydrogen-bond acceptors (Lipinski definition) is 3. The average molecular weight is 248 g/mol. The van der Waals surface area contributed by atoms with Crippen molar-refractivity contribution in [1.29, 1.82) is 0 Å². The lowest BCUT2D eigenvalue weighted by atomic mass is 9.99. The van der Waals surface area contributed by atoms with Gasteiger partial charge in [-0.1, -0.05) is 19.9 Å². The summed E-state index contributed by atoms with van der Waals surface area (Å²) in [6.07, 6.45) is 1.59. The molecule has 0 aromatic heterocycles. The Kier molecular flexibility index (Phi) is 5.56. The molecule has 98 valence electrons. The monoisotopic (exact) mass is 248 g/mol. The van der Waals surface area contributed by atoms with Gasteiger partial charge in [0.1, 0.15) is 6.42 Å². The van der Waals surface area contributed by atoms with Crippen LogP contribution < -0.4 is 0 Å². The van der Waals surface area contributed by atoms with Gasteiger partial charge in [-0.15, -0.1) is 0 Å². The largest absolute Gasteiger partial charge is 0.466 e. The smallest absolute Gasteiger partial charge is 0.313 e. The van der Waals surface area contributed by atoms with E-state index in [2.05, 4.69) is 6.07 Å². The Morgan fingerprint density at radius 3 is 2.00 bits per heavy atom. The summed E-state index contributed by atoms with van der Waals surface area (Å²) >= 11 is 0. The van der Waals surface area contributed by atoms with Gasteiger partial charge in [0.15, 0.2) is 5.78 Å². The molecule has 1 rings (SSSR count). The van der Waals surface area contributed by atoms with E-state index in [1.165, 1.54) is 0 Å². The number of rotatable bonds is 6. The van der Waals surface area contributed by atoms with Crippen LogP contribution >= 0.6 is 0 Å². The number of carbonyl (C=O) groups excluding carboxylic acids is 2. The van der Waals surface area contributed by atoms with Crippen LogP contribution in [0.2, 0.25) is 0 Å². The lowest BCUT2D eigenvalue weighted by Gasteiger charge is -2.07. The first kappa shape index (κ1) is 14.4. The zero-order chi connectivity index (χ0) is 13.5. The Bertz CT molecular complexity index is 413. The van der Waals surface area contributed by atoms with Gasteiger partial charge in [-0.2, -0.15) is 0 Å². The Morgan fingerprint density at radius 1 is 1.00 bits per heavy atom. The number of carbonyl (C=O) groups is 2. The van der Waals surface area contributed by atoms with E-state index in [1.54, 1.807) is 6.92 Å². The van der Waals surface area contributed by atoms with Crippen LogP contribution in [0.5, 0.6) is 0 Å². The number of ether oxygens (including phenoxy) is 1. The van der Waals surface area contributed by atoms with Crippen molar-refractivity contribution in [2.24, 2.45) is 0 Å². The van der Waals surface area contributed by atoms with E-state index in [1.807, 2.05) is 26.0 Å². The van der Waals surface area contributed by atoms with Crippen molar-refractivity contribution in [3.05, 3.63) is 34.9 Å². The minimum Gasteiger partial charge on any atom is -0.466 e. The summed E-state index contributed by atoms with van der Waals surface area (Å²) in [7, 11) is 0. The molecule has 1 aromatic carbocycles. The first-order valence-corrected chi connectivity index (χ1v) is 6.42. The first-order chi connectivity index (χ1) is 8.60. The standard InChI is InChI=1S/C15H20O3/c1-4-11-7-12(5-2)9-13(8-11)14(16)10-15(17)18-6-3/h7-9H,4-6,10H2,1-3H3. The molecule has 1 aromatic rings.